The Kier molecular flexibility index (Phi) is 48.1. The molecule has 0 aromatic rings. The van der Waals surface area contributed by atoms with E-state index in [4.69, 9.17) is 4.74 Å². The summed E-state index contributed by atoms with van der Waals surface area (Å²) in [5, 5.41) is 23.1. The Morgan fingerprint density at radius 1 is 0.467 bits per heavy atom. The minimum Gasteiger partial charge on any atom is -0.466 e. The Bertz CT molecular complexity index is 977. The van der Waals surface area contributed by atoms with E-state index in [0.29, 0.717) is 19.4 Å². The van der Waals surface area contributed by atoms with E-state index in [9.17, 15) is 19.8 Å². The standard InChI is InChI=1S/C54H101NO5/c1-3-5-7-9-11-13-15-17-19-21-23-25-27-30-34-38-42-46-52(57)51(50-56)55-53(58)47-43-39-35-31-29-33-37-41-45-49-60-54(59)48-44-40-36-32-28-26-24-22-20-18-16-14-12-10-8-6-4-2/h12,14,18,20,42,46,51-52,56-57H,3-11,13,15-17,19,21-41,43-45,47-50H2,1-2H3,(H,55,58)/b14-12-,20-18-,46-42+. The molecule has 0 bridgehead atoms. The molecule has 0 aromatic carbocycles. The SMILES string of the molecule is CCCCC/C=C\C/C=C\CCCCCCCCCC(=O)OCCCCCCCCCCCC(=O)NC(CO)C(O)/C=C/CCCCCCCCCCCCCCCCC. The van der Waals surface area contributed by atoms with Gasteiger partial charge in [0.15, 0.2) is 0 Å². The van der Waals surface area contributed by atoms with Crippen LogP contribution in [0.25, 0.3) is 0 Å². The summed E-state index contributed by atoms with van der Waals surface area (Å²) in [4.78, 5) is 24.5. The lowest BCUT2D eigenvalue weighted by atomic mass is 10.0. The molecule has 0 radical (unpaired) electrons. The van der Waals surface area contributed by atoms with Gasteiger partial charge in [-0.25, -0.2) is 0 Å². The minimum atomic E-state index is -0.863. The van der Waals surface area contributed by atoms with Crippen molar-refractivity contribution in [1.82, 2.24) is 5.32 Å². The molecular formula is C54H101NO5. The van der Waals surface area contributed by atoms with Crippen LogP contribution < -0.4 is 5.32 Å². The van der Waals surface area contributed by atoms with Gasteiger partial charge in [-0.15, -0.1) is 0 Å². The highest BCUT2D eigenvalue weighted by Gasteiger charge is 2.18. The number of amides is 1. The molecule has 6 nitrogen and oxygen atoms in total. The normalized spacial score (nSPS) is 12.9. The Balaban J connectivity index is 3.53. The molecule has 0 saturated heterocycles. The second-order valence-corrected chi connectivity index (χ2v) is 17.9. The first-order valence-electron chi connectivity index (χ1n) is 26.3. The summed E-state index contributed by atoms with van der Waals surface area (Å²) in [6.07, 6.45) is 60.0. The van der Waals surface area contributed by atoms with Gasteiger partial charge in [0.25, 0.3) is 0 Å². The molecule has 0 rings (SSSR count). The van der Waals surface area contributed by atoms with E-state index in [1.807, 2.05) is 6.08 Å². The fourth-order valence-electron chi connectivity index (χ4n) is 7.84. The molecule has 0 heterocycles. The third-order valence-corrected chi connectivity index (χ3v) is 11.9. The molecule has 1 amide bonds. The quantitative estimate of drug-likeness (QED) is 0.0322. The summed E-state index contributed by atoms with van der Waals surface area (Å²) < 4.78 is 5.45. The number of ether oxygens (including phenoxy) is 1. The second-order valence-electron chi connectivity index (χ2n) is 17.9. The van der Waals surface area contributed by atoms with Gasteiger partial charge >= 0.3 is 5.97 Å². The molecule has 0 aliphatic heterocycles. The number of esters is 1. The van der Waals surface area contributed by atoms with Crippen LogP contribution in [0.4, 0.5) is 0 Å². The van der Waals surface area contributed by atoms with E-state index in [1.165, 1.54) is 180 Å². The first-order chi connectivity index (χ1) is 29.5. The van der Waals surface area contributed by atoms with Crippen molar-refractivity contribution >= 4 is 11.9 Å². The molecule has 3 N–H and O–H groups in total. The number of rotatable bonds is 48. The van der Waals surface area contributed by atoms with Crippen molar-refractivity contribution in [3.8, 4) is 0 Å². The highest BCUT2D eigenvalue weighted by atomic mass is 16.5. The van der Waals surface area contributed by atoms with Gasteiger partial charge in [0.1, 0.15) is 0 Å². The maximum atomic E-state index is 12.4. The highest BCUT2D eigenvalue weighted by Crippen LogP contribution is 2.15. The Morgan fingerprint density at radius 2 is 0.833 bits per heavy atom. The molecule has 0 aliphatic carbocycles. The summed E-state index contributed by atoms with van der Waals surface area (Å²) in [7, 11) is 0. The van der Waals surface area contributed by atoms with Gasteiger partial charge in [-0.1, -0.05) is 230 Å². The van der Waals surface area contributed by atoms with E-state index in [1.54, 1.807) is 6.08 Å². The van der Waals surface area contributed by atoms with Crippen LogP contribution in [0.3, 0.4) is 0 Å². The van der Waals surface area contributed by atoms with E-state index in [0.717, 1.165) is 64.2 Å². The summed E-state index contributed by atoms with van der Waals surface area (Å²) in [5.41, 5.74) is 0. The molecule has 2 atom stereocenters. The molecule has 0 fully saturated rings. The van der Waals surface area contributed by atoms with Crippen LogP contribution in [0.5, 0.6) is 0 Å². The first-order valence-corrected chi connectivity index (χ1v) is 26.3. The van der Waals surface area contributed by atoms with Gasteiger partial charge in [-0.3, -0.25) is 9.59 Å². The van der Waals surface area contributed by atoms with Gasteiger partial charge in [0, 0.05) is 12.8 Å². The summed E-state index contributed by atoms with van der Waals surface area (Å²) in [5.74, 6) is -0.131. The summed E-state index contributed by atoms with van der Waals surface area (Å²) in [6.45, 7) is 4.81. The van der Waals surface area contributed by atoms with Gasteiger partial charge in [-0.2, -0.15) is 0 Å². The minimum absolute atomic E-state index is 0.0353. The van der Waals surface area contributed by atoms with E-state index >= 15 is 0 Å². The number of unbranched alkanes of at least 4 members (excludes halogenated alkanes) is 33. The number of carbonyl (C=O) groups excluding carboxylic acids is 2. The van der Waals surface area contributed by atoms with Crippen molar-refractivity contribution in [3.63, 3.8) is 0 Å². The van der Waals surface area contributed by atoms with Crippen molar-refractivity contribution in [2.75, 3.05) is 13.2 Å². The van der Waals surface area contributed by atoms with Gasteiger partial charge in [-0.05, 0) is 64.2 Å². The molecule has 6 heteroatoms. The molecule has 2 unspecified atom stereocenters. The zero-order chi connectivity index (χ0) is 43.7. The number of hydrogen-bond acceptors (Lipinski definition) is 5. The summed E-state index contributed by atoms with van der Waals surface area (Å²) in [6, 6.07) is -0.649. The van der Waals surface area contributed by atoms with Crippen LogP contribution in [0.1, 0.15) is 271 Å². The molecule has 352 valence electrons. The van der Waals surface area contributed by atoms with Crippen LogP contribution in [-0.4, -0.2) is 47.4 Å². The predicted octanol–water partition coefficient (Wildman–Crippen LogP) is 15.7. The molecule has 0 aliphatic rings. The van der Waals surface area contributed by atoms with Crippen LogP contribution in [-0.2, 0) is 14.3 Å². The smallest absolute Gasteiger partial charge is 0.305 e. The third kappa shape index (κ3) is 45.6. The molecule has 0 spiro atoms. The van der Waals surface area contributed by atoms with E-state index in [-0.39, 0.29) is 18.5 Å². The predicted molar refractivity (Wildman–Crippen MR) is 259 cm³/mol. The third-order valence-electron chi connectivity index (χ3n) is 11.9. The monoisotopic (exact) mass is 844 g/mol. The fourth-order valence-corrected chi connectivity index (χ4v) is 7.84. The maximum Gasteiger partial charge on any atom is 0.305 e. The Morgan fingerprint density at radius 3 is 1.30 bits per heavy atom. The van der Waals surface area contributed by atoms with Crippen LogP contribution in [0, 0.1) is 0 Å². The number of nitrogens with one attached hydrogen (secondary N) is 1. The topological polar surface area (TPSA) is 95.9 Å². The van der Waals surface area contributed by atoms with Gasteiger partial charge in [0.05, 0.1) is 25.4 Å². The largest absolute Gasteiger partial charge is 0.466 e. The van der Waals surface area contributed by atoms with Crippen molar-refractivity contribution in [1.29, 1.82) is 0 Å². The average molecular weight is 844 g/mol. The average Bonchev–Trinajstić information content (AvgIpc) is 3.25. The van der Waals surface area contributed by atoms with Crippen molar-refractivity contribution in [2.24, 2.45) is 0 Å². The Labute approximate surface area is 373 Å². The lowest BCUT2D eigenvalue weighted by molar-refractivity contribution is -0.143. The number of hydrogen-bond donors (Lipinski definition) is 3. The zero-order valence-corrected chi connectivity index (χ0v) is 39.9. The van der Waals surface area contributed by atoms with E-state index < -0.39 is 12.1 Å². The molecular weight excluding hydrogens is 743 g/mol. The van der Waals surface area contributed by atoms with E-state index in [2.05, 4.69) is 43.5 Å². The molecule has 60 heavy (non-hydrogen) atoms. The number of allylic oxidation sites excluding steroid dienone is 5. The van der Waals surface area contributed by atoms with Gasteiger partial charge in [0.2, 0.25) is 5.91 Å². The lowest BCUT2D eigenvalue weighted by Crippen LogP contribution is -2.45. The van der Waals surface area contributed by atoms with Gasteiger partial charge < -0.3 is 20.3 Å². The van der Waals surface area contributed by atoms with Crippen LogP contribution in [0.15, 0.2) is 36.5 Å². The van der Waals surface area contributed by atoms with Crippen molar-refractivity contribution in [2.45, 2.75) is 283 Å². The van der Waals surface area contributed by atoms with Crippen LogP contribution in [0.2, 0.25) is 0 Å². The first kappa shape index (κ1) is 58.1. The van der Waals surface area contributed by atoms with Crippen molar-refractivity contribution < 1.29 is 24.5 Å². The Hall–Kier alpha value is -1.92. The second kappa shape index (κ2) is 49.7. The molecule has 0 aromatic heterocycles. The highest BCUT2D eigenvalue weighted by molar-refractivity contribution is 5.76. The number of aliphatic hydroxyl groups excluding tert-OH is 2. The van der Waals surface area contributed by atoms with Crippen LogP contribution >= 0.6 is 0 Å². The lowest BCUT2D eigenvalue weighted by Gasteiger charge is -2.20. The molecule has 0 saturated carbocycles. The summed E-state index contributed by atoms with van der Waals surface area (Å²) >= 11 is 0. The fraction of sp³-hybridized carbons (Fsp3) is 0.852. The number of carbonyl (C=O) groups is 2. The zero-order valence-electron chi connectivity index (χ0n) is 39.9. The number of aliphatic hydroxyl groups is 2. The van der Waals surface area contributed by atoms with Crippen molar-refractivity contribution in [3.05, 3.63) is 36.5 Å². The maximum absolute atomic E-state index is 12.4.